The molecule has 112 valence electrons. The SMILES string of the molecule is Cc1ccc(C)c(NC(=O)Nc2ccc3nnc(C)n3c2)c1. The summed E-state index contributed by atoms with van der Waals surface area (Å²) in [6.07, 6.45) is 1.80. The molecule has 0 aliphatic heterocycles. The topological polar surface area (TPSA) is 71.3 Å². The highest BCUT2D eigenvalue weighted by Gasteiger charge is 2.07. The van der Waals surface area contributed by atoms with E-state index >= 15 is 0 Å². The molecular weight excluding hydrogens is 278 g/mol. The van der Waals surface area contributed by atoms with Gasteiger partial charge < -0.3 is 10.6 Å². The molecule has 0 aliphatic rings. The number of carbonyl (C=O) groups excluding carboxylic acids is 1. The largest absolute Gasteiger partial charge is 0.323 e. The molecule has 0 fully saturated rings. The number of fused-ring (bicyclic) bond motifs is 1. The molecule has 3 aromatic rings. The number of carbonyl (C=O) groups is 1. The van der Waals surface area contributed by atoms with E-state index in [4.69, 9.17) is 0 Å². The van der Waals surface area contributed by atoms with Crippen LogP contribution in [0.1, 0.15) is 17.0 Å². The average molecular weight is 295 g/mol. The summed E-state index contributed by atoms with van der Waals surface area (Å²) in [5.74, 6) is 0.772. The minimum Gasteiger partial charge on any atom is -0.307 e. The third-order valence-corrected chi connectivity index (χ3v) is 3.47. The van der Waals surface area contributed by atoms with Crippen molar-refractivity contribution in [2.75, 3.05) is 10.6 Å². The minimum absolute atomic E-state index is 0.279. The number of urea groups is 1. The number of aryl methyl sites for hydroxylation is 3. The number of rotatable bonds is 2. The predicted molar refractivity (Wildman–Crippen MR) is 86.3 cm³/mol. The van der Waals surface area contributed by atoms with Gasteiger partial charge in [0.15, 0.2) is 5.65 Å². The molecule has 6 heteroatoms. The molecular formula is C16H17N5O. The standard InChI is InChI=1S/C16H17N5O/c1-10-4-5-11(2)14(8-10)18-16(22)17-13-6-7-15-20-19-12(3)21(15)9-13/h4-9H,1-3H3,(H2,17,18,22). The highest BCUT2D eigenvalue weighted by atomic mass is 16.2. The Bertz CT molecular complexity index is 853. The van der Waals surface area contributed by atoms with E-state index in [0.717, 1.165) is 28.3 Å². The molecule has 3 rings (SSSR count). The zero-order valence-electron chi connectivity index (χ0n) is 12.7. The van der Waals surface area contributed by atoms with Crippen molar-refractivity contribution < 1.29 is 4.79 Å². The van der Waals surface area contributed by atoms with Crippen LogP contribution in [0.25, 0.3) is 5.65 Å². The van der Waals surface area contributed by atoms with Crippen LogP contribution in [0.3, 0.4) is 0 Å². The summed E-state index contributed by atoms with van der Waals surface area (Å²) in [6.45, 7) is 5.81. The van der Waals surface area contributed by atoms with Gasteiger partial charge in [-0.15, -0.1) is 10.2 Å². The molecule has 0 saturated heterocycles. The van der Waals surface area contributed by atoms with E-state index in [1.54, 1.807) is 12.3 Å². The lowest BCUT2D eigenvalue weighted by atomic mass is 10.1. The fourth-order valence-electron chi connectivity index (χ4n) is 2.23. The lowest BCUT2D eigenvalue weighted by Crippen LogP contribution is -2.20. The van der Waals surface area contributed by atoms with E-state index in [9.17, 15) is 4.79 Å². The molecule has 0 unspecified atom stereocenters. The molecule has 0 atom stereocenters. The second-order valence-electron chi connectivity index (χ2n) is 5.29. The Labute approximate surface area is 128 Å². The van der Waals surface area contributed by atoms with Crippen molar-refractivity contribution in [3.05, 3.63) is 53.5 Å². The number of nitrogens with one attached hydrogen (secondary N) is 2. The van der Waals surface area contributed by atoms with Gasteiger partial charge in [-0.3, -0.25) is 4.40 Å². The van der Waals surface area contributed by atoms with E-state index in [2.05, 4.69) is 20.8 Å². The van der Waals surface area contributed by atoms with Gasteiger partial charge in [-0.25, -0.2) is 4.79 Å². The van der Waals surface area contributed by atoms with Crippen molar-refractivity contribution in [1.29, 1.82) is 0 Å². The van der Waals surface area contributed by atoms with Crippen molar-refractivity contribution in [3.63, 3.8) is 0 Å². The van der Waals surface area contributed by atoms with Crippen LogP contribution in [0.2, 0.25) is 0 Å². The molecule has 2 heterocycles. The maximum atomic E-state index is 12.1. The normalized spacial score (nSPS) is 10.7. The third kappa shape index (κ3) is 2.76. The van der Waals surface area contributed by atoms with Crippen LogP contribution in [0.5, 0.6) is 0 Å². The van der Waals surface area contributed by atoms with Crippen molar-refractivity contribution in [1.82, 2.24) is 14.6 Å². The summed E-state index contributed by atoms with van der Waals surface area (Å²) in [6, 6.07) is 9.28. The van der Waals surface area contributed by atoms with E-state index in [1.807, 2.05) is 49.4 Å². The maximum absolute atomic E-state index is 12.1. The Morgan fingerprint density at radius 3 is 2.68 bits per heavy atom. The summed E-state index contributed by atoms with van der Waals surface area (Å²) in [5, 5.41) is 13.7. The van der Waals surface area contributed by atoms with Gasteiger partial charge in [0, 0.05) is 11.9 Å². The highest BCUT2D eigenvalue weighted by molar-refractivity contribution is 6.00. The molecule has 2 amide bonds. The Kier molecular flexibility index (Phi) is 3.50. The Hall–Kier alpha value is -2.89. The van der Waals surface area contributed by atoms with Crippen LogP contribution in [0.4, 0.5) is 16.2 Å². The number of hydrogen-bond donors (Lipinski definition) is 2. The number of hydrogen-bond acceptors (Lipinski definition) is 3. The third-order valence-electron chi connectivity index (χ3n) is 3.47. The smallest absolute Gasteiger partial charge is 0.307 e. The predicted octanol–water partition coefficient (Wildman–Crippen LogP) is 3.30. The average Bonchev–Trinajstić information content (AvgIpc) is 2.84. The first kappa shape index (κ1) is 14.1. The highest BCUT2D eigenvalue weighted by Crippen LogP contribution is 2.17. The number of amides is 2. The van der Waals surface area contributed by atoms with Gasteiger partial charge in [-0.05, 0) is 50.1 Å². The molecule has 0 aliphatic carbocycles. The van der Waals surface area contributed by atoms with E-state index in [0.29, 0.717) is 5.69 Å². The first-order valence-corrected chi connectivity index (χ1v) is 6.99. The van der Waals surface area contributed by atoms with E-state index < -0.39 is 0 Å². The lowest BCUT2D eigenvalue weighted by molar-refractivity contribution is 0.262. The molecule has 0 spiro atoms. The van der Waals surface area contributed by atoms with Gasteiger partial charge in [0.2, 0.25) is 0 Å². The second-order valence-corrected chi connectivity index (χ2v) is 5.29. The van der Waals surface area contributed by atoms with E-state index in [-0.39, 0.29) is 6.03 Å². The van der Waals surface area contributed by atoms with Crippen molar-refractivity contribution in [3.8, 4) is 0 Å². The number of anilines is 2. The minimum atomic E-state index is -0.279. The van der Waals surface area contributed by atoms with Crippen molar-refractivity contribution >= 4 is 23.1 Å². The molecule has 2 aromatic heterocycles. The Balaban J connectivity index is 1.77. The Morgan fingerprint density at radius 1 is 1.05 bits per heavy atom. The molecule has 6 nitrogen and oxygen atoms in total. The summed E-state index contributed by atoms with van der Waals surface area (Å²) in [4.78, 5) is 12.1. The van der Waals surface area contributed by atoms with Crippen LogP contribution in [-0.4, -0.2) is 20.6 Å². The van der Waals surface area contributed by atoms with Crippen molar-refractivity contribution in [2.24, 2.45) is 0 Å². The van der Waals surface area contributed by atoms with E-state index in [1.165, 1.54) is 0 Å². The summed E-state index contributed by atoms with van der Waals surface area (Å²) in [7, 11) is 0. The fraction of sp³-hybridized carbons (Fsp3) is 0.188. The molecule has 0 saturated carbocycles. The first-order chi connectivity index (χ1) is 10.5. The fourth-order valence-corrected chi connectivity index (χ4v) is 2.23. The zero-order valence-corrected chi connectivity index (χ0v) is 12.7. The summed E-state index contributed by atoms with van der Waals surface area (Å²) in [5.41, 5.74) is 4.35. The van der Waals surface area contributed by atoms with Gasteiger partial charge >= 0.3 is 6.03 Å². The number of nitrogens with zero attached hydrogens (tertiary/aromatic N) is 3. The van der Waals surface area contributed by atoms with Crippen LogP contribution in [-0.2, 0) is 0 Å². The molecule has 2 N–H and O–H groups in total. The van der Waals surface area contributed by atoms with Crippen LogP contribution >= 0.6 is 0 Å². The summed E-state index contributed by atoms with van der Waals surface area (Å²) < 4.78 is 1.83. The van der Waals surface area contributed by atoms with Gasteiger partial charge in [-0.1, -0.05) is 12.1 Å². The lowest BCUT2D eigenvalue weighted by Gasteiger charge is -2.11. The summed E-state index contributed by atoms with van der Waals surface area (Å²) >= 11 is 0. The Morgan fingerprint density at radius 2 is 1.86 bits per heavy atom. The molecule has 22 heavy (non-hydrogen) atoms. The molecule has 0 bridgehead atoms. The quantitative estimate of drug-likeness (QED) is 0.762. The first-order valence-electron chi connectivity index (χ1n) is 6.99. The number of benzene rings is 1. The van der Waals surface area contributed by atoms with Crippen LogP contribution < -0.4 is 10.6 Å². The number of aromatic nitrogens is 3. The number of pyridine rings is 1. The van der Waals surface area contributed by atoms with Crippen molar-refractivity contribution in [2.45, 2.75) is 20.8 Å². The second kappa shape index (κ2) is 5.48. The molecule has 0 radical (unpaired) electrons. The maximum Gasteiger partial charge on any atom is 0.323 e. The molecule has 1 aromatic carbocycles. The van der Waals surface area contributed by atoms with Gasteiger partial charge in [-0.2, -0.15) is 0 Å². The van der Waals surface area contributed by atoms with Gasteiger partial charge in [0.05, 0.1) is 5.69 Å². The van der Waals surface area contributed by atoms with Gasteiger partial charge in [0.25, 0.3) is 0 Å². The zero-order chi connectivity index (χ0) is 15.7. The van der Waals surface area contributed by atoms with Crippen LogP contribution in [0, 0.1) is 20.8 Å². The monoisotopic (exact) mass is 295 g/mol. The van der Waals surface area contributed by atoms with Gasteiger partial charge in [0.1, 0.15) is 5.82 Å². The van der Waals surface area contributed by atoms with Crippen LogP contribution in [0.15, 0.2) is 36.5 Å².